The first kappa shape index (κ1) is 19.2. The molecule has 2 N–H and O–H groups in total. The van der Waals surface area contributed by atoms with Crippen molar-refractivity contribution in [1.82, 2.24) is 10.3 Å². The van der Waals surface area contributed by atoms with Crippen LogP contribution in [0.3, 0.4) is 0 Å². The molecule has 0 radical (unpaired) electrons. The third-order valence-corrected chi connectivity index (χ3v) is 3.90. The summed E-state index contributed by atoms with van der Waals surface area (Å²) in [6, 6.07) is 2.45. The van der Waals surface area contributed by atoms with Crippen LogP contribution in [0.1, 0.15) is 31.2 Å². The van der Waals surface area contributed by atoms with Crippen molar-refractivity contribution in [2.24, 2.45) is 5.10 Å². The molecular formula is C16H20N4O6. The maximum Gasteiger partial charge on any atom is 0.315 e. The molecule has 10 heteroatoms. The van der Waals surface area contributed by atoms with Crippen LogP contribution in [0.25, 0.3) is 0 Å². The highest BCUT2D eigenvalue weighted by molar-refractivity contribution is 5.87. The summed E-state index contributed by atoms with van der Waals surface area (Å²) < 4.78 is 4.88. The van der Waals surface area contributed by atoms with Gasteiger partial charge >= 0.3 is 5.69 Å². The average molecular weight is 364 g/mol. The summed E-state index contributed by atoms with van der Waals surface area (Å²) in [4.78, 5) is 35.5. The van der Waals surface area contributed by atoms with E-state index < -0.39 is 22.3 Å². The molecule has 10 nitrogen and oxygen atoms in total. The van der Waals surface area contributed by atoms with Gasteiger partial charge in [0.2, 0.25) is 11.7 Å². The molecule has 1 aromatic rings. The van der Waals surface area contributed by atoms with Gasteiger partial charge in [0, 0.05) is 24.6 Å². The number of carbonyl (C=O) groups excluding carboxylic acids is 2. The number of phenolic OH excluding ortho intramolecular Hbond substituents is 1. The van der Waals surface area contributed by atoms with Gasteiger partial charge in [-0.25, -0.2) is 5.43 Å². The number of nitrogens with zero attached hydrogens (tertiary/aromatic N) is 3. The molecule has 0 bridgehead atoms. The molecule has 0 atom stereocenters. The molecule has 0 unspecified atom stereocenters. The largest absolute Gasteiger partial charge is 0.500 e. The standard InChI is InChI=1S/C16H20N4O6/c1-26-13-8-11(7-12(16(13)23)20(24)25)9-17-18-14(21)10-19-6-4-2-3-5-15(19)22/h7-9,23H,2-6,10H2,1H3,(H,18,21)/b17-9+. The second-order valence-electron chi connectivity index (χ2n) is 5.77. The second kappa shape index (κ2) is 8.79. The van der Waals surface area contributed by atoms with Crippen LogP contribution in [-0.4, -0.2) is 53.2 Å². The van der Waals surface area contributed by atoms with Crippen LogP contribution in [-0.2, 0) is 9.59 Å². The lowest BCUT2D eigenvalue weighted by Gasteiger charge is -2.18. The molecule has 1 heterocycles. The highest BCUT2D eigenvalue weighted by atomic mass is 16.6. The van der Waals surface area contributed by atoms with Crippen LogP contribution in [0.5, 0.6) is 11.5 Å². The summed E-state index contributed by atoms with van der Waals surface area (Å²) >= 11 is 0. The lowest BCUT2D eigenvalue weighted by molar-refractivity contribution is -0.386. The summed E-state index contributed by atoms with van der Waals surface area (Å²) in [7, 11) is 1.26. The third kappa shape index (κ3) is 4.91. The van der Waals surface area contributed by atoms with Crippen molar-refractivity contribution in [3.63, 3.8) is 0 Å². The van der Waals surface area contributed by atoms with Crippen LogP contribution in [0, 0.1) is 10.1 Å². The Balaban J connectivity index is 2.01. The van der Waals surface area contributed by atoms with Crippen LogP contribution in [0.4, 0.5) is 5.69 Å². The number of phenols is 1. The van der Waals surface area contributed by atoms with Crippen molar-refractivity contribution in [3.05, 3.63) is 27.8 Å². The molecule has 1 aliphatic rings. The minimum Gasteiger partial charge on any atom is -0.500 e. The van der Waals surface area contributed by atoms with E-state index in [2.05, 4.69) is 10.5 Å². The topological polar surface area (TPSA) is 134 Å². The molecule has 2 amide bonds. The van der Waals surface area contributed by atoms with Crippen molar-refractivity contribution in [1.29, 1.82) is 0 Å². The summed E-state index contributed by atoms with van der Waals surface area (Å²) in [6.07, 6.45) is 4.28. The number of likely N-dealkylation sites (tertiary alicyclic amines) is 1. The van der Waals surface area contributed by atoms with Gasteiger partial charge in [-0.3, -0.25) is 19.7 Å². The molecule has 1 fully saturated rings. The van der Waals surface area contributed by atoms with E-state index in [1.165, 1.54) is 24.3 Å². The molecule has 26 heavy (non-hydrogen) atoms. The summed E-state index contributed by atoms with van der Waals surface area (Å²) in [6.45, 7) is 0.451. The van der Waals surface area contributed by atoms with E-state index in [0.29, 0.717) is 13.0 Å². The number of hydrazone groups is 1. The van der Waals surface area contributed by atoms with Gasteiger partial charge in [0.25, 0.3) is 5.91 Å². The maximum absolute atomic E-state index is 11.9. The van der Waals surface area contributed by atoms with Gasteiger partial charge in [0.05, 0.1) is 18.2 Å². The smallest absolute Gasteiger partial charge is 0.315 e. The van der Waals surface area contributed by atoms with Gasteiger partial charge in [-0.15, -0.1) is 0 Å². The number of benzene rings is 1. The molecule has 0 spiro atoms. The van der Waals surface area contributed by atoms with Crippen molar-refractivity contribution in [2.45, 2.75) is 25.7 Å². The summed E-state index contributed by atoms with van der Waals surface area (Å²) in [5.74, 6) is -1.18. The van der Waals surface area contributed by atoms with Crippen LogP contribution < -0.4 is 10.2 Å². The number of methoxy groups -OCH3 is 1. The van der Waals surface area contributed by atoms with Crippen molar-refractivity contribution < 1.29 is 24.4 Å². The fourth-order valence-electron chi connectivity index (χ4n) is 2.58. The number of carbonyl (C=O) groups is 2. The van der Waals surface area contributed by atoms with E-state index in [1.807, 2.05) is 0 Å². The van der Waals surface area contributed by atoms with Gasteiger partial charge in [-0.1, -0.05) is 6.42 Å². The first-order valence-electron chi connectivity index (χ1n) is 8.07. The zero-order valence-corrected chi connectivity index (χ0v) is 14.3. The predicted octanol–water partition coefficient (Wildman–Crippen LogP) is 1.16. The van der Waals surface area contributed by atoms with Gasteiger partial charge in [0.15, 0.2) is 5.75 Å². The normalized spacial score (nSPS) is 15.0. The Kier molecular flexibility index (Phi) is 6.48. The zero-order chi connectivity index (χ0) is 19.1. The quantitative estimate of drug-likeness (QED) is 0.442. The Hall–Kier alpha value is -3.17. The summed E-state index contributed by atoms with van der Waals surface area (Å²) in [5, 5.41) is 24.4. The number of amides is 2. The SMILES string of the molecule is COc1cc(/C=N/NC(=O)CN2CCCCCC2=O)cc([N+](=O)[O-])c1O. The number of aromatic hydroxyl groups is 1. The van der Waals surface area contributed by atoms with Crippen LogP contribution >= 0.6 is 0 Å². The fraction of sp³-hybridized carbons (Fsp3) is 0.438. The predicted molar refractivity (Wildman–Crippen MR) is 92.1 cm³/mol. The monoisotopic (exact) mass is 364 g/mol. The van der Waals surface area contributed by atoms with E-state index in [0.717, 1.165) is 25.3 Å². The van der Waals surface area contributed by atoms with E-state index in [4.69, 9.17) is 4.74 Å². The number of nitro groups is 1. The Labute approximate surface area is 149 Å². The number of nitrogens with one attached hydrogen (secondary N) is 1. The minimum atomic E-state index is -0.751. The number of hydrogen-bond donors (Lipinski definition) is 2. The summed E-state index contributed by atoms with van der Waals surface area (Å²) in [5.41, 5.74) is 2.01. The van der Waals surface area contributed by atoms with E-state index in [9.17, 15) is 24.8 Å². The zero-order valence-electron chi connectivity index (χ0n) is 14.3. The molecule has 1 saturated heterocycles. The first-order valence-corrected chi connectivity index (χ1v) is 8.07. The first-order chi connectivity index (χ1) is 12.4. The molecule has 0 aliphatic carbocycles. The molecule has 0 saturated carbocycles. The molecule has 2 rings (SSSR count). The number of ether oxygens (including phenoxy) is 1. The Morgan fingerprint density at radius 3 is 2.92 bits per heavy atom. The van der Waals surface area contributed by atoms with Crippen molar-refractivity contribution in [3.8, 4) is 11.5 Å². The lowest BCUT2D eigenvalue weighted by atomic mass is 10.2. The third-order valence-electron chi connectivity index (χ3n) is 3.90. The second-order valence-corrected chi connectivity index (χ2v) is 5.77. The number of nitro benzene ring substituents is 1. The molecular weight excluding hydrogens is 344 g/mol. The lowest BCUT2D eigenvalue weighted by Crippen LogP contribution is -2.39. The van der Waals surface area contributed by atoms with Crippen LogP contribution in [0.15, 0.2) is 17.2 Å². The Morgan fingerprint density at radius 1 is 1.46 bits per heavy atom. The Morgan fingerprint density at radius 2 is 2.23 bits per heavy atom. The van der Waals surface area contributed by atoms with Crippen molar-refractivity contribution >= 4 is 23.7 Å². The van der Waals surface area contributed by atoms with Gasteiger partial charge in [-0.2, -0.15) is 5.10 Å². The maximum atomic E-state index is 11.9. The van der Waals surface area contributed by atoms with Crippen LogP contribution in [0.2, 0.25) is 0 Å². The van der Waals surface area contributed by atoms with E-state index in [-0.39, 0.29) is 23.8 Å². The molecule has 1 aliphatic heterocycles. The number of hydrogen-bond acceptors (Lipinski definition) is 7. The van der Waals surface area contributed by atoms with Gasteiger partial charge in [-0.05, 0) is 18.9 Å². The highest BCUT2D eigenvalue weighted by Gasteiger charge is 2.20. The van der Waals surface area contributed by atoms with Gasteiger partial charge in [0.1, 0.15) is 6.54 Å². The molecule has 140 valence electrons. The van der Waals surface area contributed by atoms with E-state index >= 15 is 0 Å². The van der Waals surface area contributed by atoms with Crippen molar-refractivity contribution in [2.75, 3.05) is 20.2 Å². The van der Waals surface area contributed by atoms with E-state index in [1.54, 1.807) is 0 Å². The highest BCUT2D eigenvalue weighted by Crippen LogP contribution is 2.36. The minimum absolute atomic E-state index is 0.0551. The molecule has 0 aromatic heterocycles. The average Bonchev–Trinajstić information content (AvgIpc) is 2.80. The van der Waals surface area contributed by atoms with Gasteiger partial charge < -0.3 is 14.7 Å². The Bertz CT molecular complexity index is 734. The number of rotatable bonds is 6. The molecule has 1 aromatic carbocycles. The fourth-order valence-corrected chi connectivity index (χ4v) is 2.58.